The molecule has 1 aromatic heterocycles. The van der Waals surface area contributed by atoms with Crippen molar-refractivity contribution in [2.45, 2.75) is 20.3 Å². The van der Waals surface area contributed by atoms with Gasteiger partial charge in [-0.2, -0.15) is 0 Å². The summed E-state index contributed by atoms with van der Waals surface area (Å²) in [6.07, 6.45) is 0.927. The lowest BCUT2D eigenvalue weighted by Crippen LogP contribution is -2.29. The van der Waals surface area contributed by atoms with Crippen LogP contribution < -0.4 is 4.90 Å². The normalized spacial score (nSPS) is 10.2. The molecule has 0 aliphatic heterocycles. The topological polar surface area (TPSA) is 75.5 Å². The number of carbonyl (C=O) groups is 1. The maximum absolute atomic E-state index is 11.4. The fourth-order valence-corrected chi connectivity index (χ4v) is 1.63. The first-order valence-corrected chi connectivity index (χ1v) is 5.92. The fraction of sp³-hybridized carbons (Fsp3) is 0.583. The third-order valence-electron chi connectivity index (χ3n) is 2.40. The summed E-state index contributed by atoms with van der Waals surface area (Å²) in [6, 6.07) is 1.79. The molecule has 6 nitrogen and oxygen atoms in total. The van der Waals surface area contributed by atoms with Crippen LogP contribution in [0.15, 0.2) is 6.07 Å². The van der Waals surface area contributed by atoms with E-state index in [1.165, 1.54) is 7.11 Å². The Hall–Kier alpha value is -1.69. The van der Waals surface area contributed by atoms with E-state index in [0.29, 0.717) is 18.1 Å². The Balaban J connectivity index is 3.05. The highest BCUT2D eigenvalue weighted by Gasteiger charge is 2.14. The van der Waals surface area contributed by atoms with Crippen LogP contribution in [0.1, 0.15) is 29.7 Å². The Labute approximate surface area is 107 Å². The van der Waals surface area contributed by atoms with Gasteiger partial charge in [0.1, 0.15) is 5.82 Å². The average molecular weight is 253 g/mol. The molecule has 1 heterocycles. The standard InChI is InChI=1S/C12H19N3O3/c1-4-5-15(6-7-16)10-8-9(2)13-11(14-10)12(17)18-3/h8,16H,4-7H2,1-3H3. The molecule has 18 heavy (non-hydrogen) atoms. The minimum Gasteiger partial charge on any atom is -0.463 e. The molecule has 0 aliphatic rings. The van der Waals surface area contributed by atoms with Crippen LogP contribution >= 0.6 is 0 Å². The van der Waals surface area contributed by atoms with Crippen LogP contribution in [0.2, 0.25) is 0 Å². The molecule has 0 amide bonds. The van der Waals surface area contributed by atoms with Crippen LogP contribution in [0.4, 0.5) is 5.82 Å². The van der Waals surface area contributed by atoms with Crippen molar-refractivity contribution in [1.82, 2.24) is 9.97 Å². The number of hydrogen-bond donors (Lipinski definition) is 1. The molecule has 0 saturated heterocycles. The summed E-state index contributed by atoms with van der Waals surface area (Å²) < 4.78 is 4.61. The largest absolute Gasteiger partial charge is 0.463 e. The summed E-state index contributed by atoms with van der Waals surface area (Å²) in [5.41, 5.74) is 0.694. The monoisotopic (exact) mass is 253 g/mol. The van der Waals surface area contributed by atoms with Gasteiger partial charge in [0.15, 0.2) is 0 Å². The highest BCUT2D eigenvalue weighted by molar-refractivity contribution is 5.85. The van der Waals surface area contributed by atoms with Crippen molar-refractivity contribution in [2.75, 3.05) is 31.7 Å². The van der Waals surface area contributed by atoms with Gasteiger partial charge in [-0.3, -0.25) is 0 Å². The lowest BCUT2D eigenvalue weighted by atomic mass is 10.3. The smallest absolute Gasteiger partial charge is 0.376 e. The molecule has 0 spiro atoms. The minimum atomic E-state index is -0.555. The van der Waals surface area contributed by atoms with Gasteiger partial charge in [-0.05, 0) is 13.3 Å². The van der Waals surface area contributed by atoms with Gasteiger partial charge in [-0.15, -0.1) is 0 Å². The number of aryl methyl sites for hydroxylation is 1. The van der Waals surface area contributed by atoms with Crippen molar-refractivity contribution in [3.63, 3.8) is 0 Å². The summed E-state index contributed by atoms with van der Waals surface area (Å²) >= 11 is 0. The van der Waals surface area contributed by atoms with Gasteiger partial charge in [0.25, 0.3) is 0 Å². The zero-order valence-corrected chi connectivity index (χ0v) is 11.0. The Morgan fingerprint density at radius 3 is 2.72 bits per heavy atom. The maximum Gasteiger partial charge on any atom is 0.376 e. The van der Waals surface area contributed by atoms with Crippen molar-refractivity contribution in [3.8, 4) is 0 Å². The summed E-state index contributed by atoms with van der Waals surface area (Å²) in [5.74, 6) is 0.130. The van der Waals surface area contributed by atoms with E-state index in [4.69, 9.17) is 5.11 Å². The van der Waals surface area contributed by atoms with Crippen molar-refractivity contribution >= 4 is 11.8 Å². The van der Waals surface area contributed by atoms with E-state index in [1.807, 2.05) is 11.8 Å². The molecule has 0 aromatic carbocycles. The Bertz CT molecular complexity index is 404. The molecule has 0 bridgehead atoms. The second kappa shape index (κ2) is 6.90. The lowest BCUT2D eigenvalue weighted by Gasteiger charge is -2.22. The maximum atomic E-state index is 11.4. The molecule has 0 fully saturated rings. The predicted molar refractivity (Wildman–Crippen MR) is 67.7 cm³/mol. The second-order valence-electron chi connectivity index (χ2n) is 3.89. The van der Waals surface area contributed by atoms with Gasteiger partial charge in [0, 0.05) is 24.8 Å². The van der Waals surface area contributed by atoms with E-state index in [0.717, 1.165) is 13.0 Å². The quantitative estimate of drug-likeness (QED) is 0.755. The number of anilines is 1. The Kier molecular flexibility index (Phi) is 5.51. The molecule has 6 heteroatoms. The Morgan fingerprint density at radius 1 is 1.44 bits per heavy atom. The van der Waals surface area contributed by atoms with E-state index < -0.39 is 5.97 Å². The van der Waals surface area contributed by atoms with E-state index in [9.17, 15) is 4.79 Å². The van der Waals surface area contributed by atoms with Crippen LogP contribution in [0.3, 0.4) is 0 Å². The number of aliphatic hydroxyl groups excluding tert-OH is 1. The molecule has 0 unspecified atom stereocenters. The van der Waals surface area contributed by atoms with Crippen molar-refractivity contribution in [2.24, 2.45) is 0 Å². The predicted octanol–water partition coefficient (Wildman–Crippen LogP) is 0.780. The Morgan fingerprint density at radius 2 is 2.17 bits per heavy atom. The molecule has 0 radical (unpaired) electrons. The number of hydrogen-bond acceptors (Lipinski definition) is 6. The molecule has 0 aliphatic carbocycles. The second-order valence-corrected chi connectivity index (χ2v) is 3.89. The van der Waals surface area contributed by atoms with Crippen LogP contribution in [0, 0.1) is 6.92 Å². The molecular weight excluding hydrogens is 234 g/mol. The molecule has 1 N–H and O–H groups in total. The van der Waals surface area contributed by atoms with Gasteiger partial charge in [-0.1, -0.05) is 6.92 Å². The number of esters is 1. The summed E-state index contributed by atoms with van der Waals surface area (Å²) in [7, 11) is 1.30. The number of ether oxygens (including phenoxy) is 1. The molecule has 1 rings (SSSR count). The van der Waals surface area contributed by atoms with E-state index >= 15 is 0 Å². The number of aromatic nitrogens is 2. The van der Waals surface area contributed by atoms with Crippen LogP contribution in [0.25, 0.3) is 0 Å². The summed E-state index contributed by atoms with van der Waals surface area (Å²) in [6.45, 7) is 5.11. The molecule has 0 saturated carbocycles. The van der Waals surface area contributed by atoms with Gasteiger partial charge in [0.05, 0.1) is 13.7 Å². The zero-order valence-electron chi connectivity index (χ0n) is 11.0. The van der Waals surface area contributed by atoms with Crippen LogP contribution in [-0.2, 0) is 4.74 Å². The third kappa shape index (κ3) is 3.66. The van der Waals surface area contributed by atoms with Gasteiger partial charge in [0.2, 0.25) is 5.82 Å². The molecule has 0 atom stereocenters. The summed E-state index contributed by atoms with van der Waals surface area (Å²) in [4.78, 5) is 21.6. The number of aliphatic hydroxyl groups is 1. The fourth-order valence-electron chi connectivity index (χ4n) is 1.63. The first-order chi connectivity index (χ1) is 8.62. The molecular formula is C12H19N3O3. The zero-order chi connectivity index (χ0) is 13.5. The molecule has 100 valence electrons. The number of methoxy groups -OCH3 is 1. The van der Waals surface area contributed by atoms with E-state index in [-0.39, 0.29) is 12.4 Å². The number of rotatable bonds is 6. The van der Waals surface area contributed by atoms with Crippen molar-refractivity contribution in [3.05, 3.63) is 17.6 Å². The first-order valence-electron chi connectivity index (χ1n) is 5.92. The summed E-state index contributed by atoms with van der Waals surface area (Å²) in [5, 5.41) is 9.04. The highest BCUT2D eigenvalue weighted by atomic mass is 16.5. The van der Waals surface area contributed by atoms with Gasteiger partial charge < -0.3 is 14.7 Å². The van der Waals surface area contributed by atoms with E-state index in [2.05, 4.69) is 14.7 Å². The first kappa shape index (κ1) is 14.4. The van der Waals surface area contributed by atoms with Crippen molar-refractivity contribution < 1.29 is 14.6 Å². The van der Waals surface area contributed by atoms with Gasteiger partial charge in [-0.25, -0.2) is 14.8 Å². The van der Waals surface area contributed by atoms with Crippen molar-refractivity contribution in [1.29, 1.82) is 0 Å². The highest BCUT2D eigenvalue weighted by Crippen LogP contribution is 2.13. The van der Waals surface area contributed by atoms with E-state index in [1.54, 1.807) is 13.0 Å². The minimum absolute atomic E-state index is 0.0383. The van der Waals surface area contributed by atoms with Crippen LogP contribution in [-0.4, -0.2) is 47.8 Å². The number of nitrogens with zero attached hydrogens (tertiary/aromatic N) is 3. The van der Waals surface area contributed by atoms with Gasteiger partial charge >= 0.3 is 5.97 Å². The lowest BCUT2D eigenvalue weighted by molar-refractivity contribution is 0.0586. The van der Waals surface area contributed by atoms with Crippen LogP contribution in [0.5, 0.6) is 0 Å². The SMILES string of the molecule is CCCN(CCO)c1cc(C)nc(C(=O)OC)n1. The number of carbonyl (C=O) groups excluding carboxylic acids is 1. The molecule has 1 aromatic rings. The average Bonchev–Trinajstić information content (AvgIpc) is 2.36. The third-order valence-corrected chi connectivity index (χ3v) is 2.40.